The summed E-state index contributed by atoms with van der Waals surface area (Å²) in [6, 6.07) is 6.36. The number of carbonyl (C=O) groups excluding carboxylic acids is 1. The molecule has 1 aromatic carbocycles. The molecule has 0 heterocycles. The fraction of sp³-hybridized carbons (Fsp3) is 0.400. The Hall–Kier alpha value is -2.37. The summed E-state index contributed by atoms with van der Waals surface area (Å²) >= 11 is 0. The highest BCUT2D eigenvalue weighted by Crippen LogP contribution is 2.14. The van der Waals surface area contributed by atoms with Gasteiger partial charge in [-0.15, -0.1) is 0 Å². The first-order valence-corrected chi connectivity index (χ1v) is 6.66. The van der Waals surface area contributed by atoms with Crippen LogP contribution >= 0.6 is 0 Å². The Bertz CT molecular complexity index is 533. The van der Waals surface area contributed by atoms with Gasteiger partial charge in [0.15, 0.2) is 0 Å². The van der Waals surface area contributed by atoms with Crippen LogP contribution in [0.1, 0.15) is 32.8 Å². The van der Waals surface area contributed by atoms with Crippen LogP contribution in [-0.2, 0) is 4.74 Å². The molecule has 0 saturated heterocycles. The normalized spacial score (nSPS) is 11.4. The fourth-order valence-electron chi connectivity index (χ4n) is 1.53. The van der Waals surface area contributed by atoms with Crippen LogP contribution in [0.15, 0.2) is 30.3 Å². The van der Waals surface area contributed by atoms with Crippen LogP contribution in [0.3, 0.4) is 0 Å². The van der Waals surface area contributed by atoms with E-state index in [1.807, 2.05) is 6.08 Å². The Balaban J connectivity index is 2.37. The largest absolute Gasteiger partial charge is 0.444 e. The van der Waals surface area contributed by atoms with Crippen molar-refractivity contribution in [2.45, 2.75) is 32.8 Å². The molecule has 1 amide bonds. The minimum absolute atomic E-state index is 0.0593. The molecule has 0 aliphatic rings. The van der Waals surface area contributed by atoms with E-state index in [2.05, 4.69) is 5.32 Å². The summed E-state index contributed by atoms with van der Waals surface area (Å²) in [5.41, 5.74) is 0.300. The van der Waals surface area contributed by atoms with E-state index < -0.39 is 16.6 Å². The number of hydrogen-bond acceptors (Lipinski definition) is 4. The molecule has 0 atom stereocenters. The van der Waals surface area contributed by atoms with E-state index in [4.69, 9.17) is 4.74 Å². The van der Waals surface area contributed by atoms with E-state index in [-0.39, 0.29) is 5.69 Å². The van der Waals surface area contributed by atoms with E-state index in [0.29, 0.717) is 13.0 Å². The minimum Gasteiger partial charge on any atom is -0.444 e. The third kappa shape index (κ3) is 7.10. The zero-order chi connectivity index (χ0) is 15.9. The topological polar surface area (TPSA) is 81.5 Å². The summed E-state index contributed by atoms with van der Waals surface area (Å²) < 4.78 is 5.10. The maximum absolute atomic E-state index is 11.4. The molecule has 0 aliphatic heterocycles. The van der Waals surface area contributed by atoms with Gasteiger partial charge in [-0.2, -0.15) is 0 Å². The summed E-state index contributed by atoms with van der Waals surface area (Å²) in [6.07, 6.45) is 3.79. The van der Waals surface area contributed by atoms with E-state index in [0.717, 1.165) is 5.56 Å². The van der Waals surface area contributed by atoms with Crippen molar-refractivity contribution in [3.8, 4) is 0 Å². The summed E-state index contributed by atoms with van der Waals surface area (Å²) in [5.74, 6) is 0. The number of non-ortho nitro benzene ring substituents is 1. The first kappa shape index (κ1) is 16.7. The van der Waals surface area contributed by atoms with Crippen molar-refractivity contribution in [2.24, 2.45) is 0 Å². The maximum Gasteiger partial charge on any atom is 0.407 e. The molecule has 0 bridgehead atoms. The SMILES string of the molecule is CC(C)(C)OC(=O)NCCC=Cc1cccc([N+](=O)[O-])c1. The second-order valence-electron chi connectivity index (χ2n) is 5.47. The predicted molar refractivity (Wildman–Crippen MR) is 81.0 cm³/mol. The molecule has 6 heteroatoms. The number of alkyl carbamates (subject to hydrolysis) is 1. The van der Waals surface area contributed by atoms with E-state index in [1.165, 1.54) is 12.1 Å². The molecule has 0 spiro atoms. The van der Waals surface area contributed by atoms with Gasteiger partial charge in [0.1, 0.15) is 5.60 Å². The molecular formula is C15H20N2O4. The van der Waals surface area contributed by atoms with Crippen LogP contribution in [0.25, 0.3) is 6.08 Å². The smallest absolute Gasteiger partial charge is 0.407 e. The van der Waals surface area contributed by atoms with Gasteiger partial charge in [-0.1, -0.05) is 24.3 Å². The first-order valence-electron chi connectivity index (χ1n) is 6.66. The molecule has 0 aliphatic carbocycles. The highest BCUT2D eigenvalue weighted by atomic mass is 16.6. The van der Waals surface area contributed by atoms with Crippen molar-refractivity contribution in [3.05, 3.63) is 46.0 Å². The van der Waals surface area contributed by atoms with Gasteiger partial charge in [0.25, 0.3) is 5.69 Å². The van der Waals surface area contributed by atoms with Crippen molar-refractivity contribution in [3.63, 3.8) is 0 Å². The maximum atomic E-state index is 11.4. The average Bonchev–Trinajstić information content (AvgIpc) is 2.36. The number of nitro groups is 1. The van der Waals surface area contributed by atoms with Crippen LogP contribution < -0.4 is 5.32 Å². The number of carbonyl (C=O) groups is 1. The lowest BCUT2D eigenvalue weighted by atomic mass is 10.2. The third-order valence-corrected chi connectivity index (χ3v) is 2.37. The number of rotatable bonds is 5. The Morgan fingerprint density at radius 1 is 1.43 bits per heavy atom. The van der Waals surface area contributed by atoms with Crippen LogP contribution in [-0.4, -0.2) is 23.2 Å². The number of amides is 1. The second kappa shape index (κ2) is 7.42. The van der Waals surface area contributed by atoms with Crippen molar-refractivity contribution in [1.29, 1.82) is 0 Å². The van der Waals surface area contributed by atoms with Gasteiger partial charge in [-0.05, 0) is 32.8 Å². The predicted octanol–water partition coefficient (Wildman–Crippen LogP) is 3.52. The van der Waals surface area contributed by atoms with Crippen LogP contribution in [0.4, 0.5) is 10.5 Å². The van der Waals surface area contributed by atoms with Gasteiger partial charge in [0, 0.05) is 18.7 Å². The van der Waals surface area contributed by atoms with Crippen LogP contribution in [0, 0.1) is 10.1 Å². The summed E-state index contributed by atoms with van der Waals surface area (Å²) in [4.78, 5) is 21.6. The summed E-state index contributed by atoms with van der Waals surface area (Å²) in [7, 11) is 0. The van der Waals surface area contributed by atoms with Gasteiger partial charge in [0.05, 0.1) is 4.92 Å². The minimum atomic E-state index is -0.511. The number of nitrogens with zero attached hydrogens (tertiary/aromatic N) is 1. The van der Waals surface area contributed by atoms with Gasteiger partial charge >= 0.3 is 6.09 Å². The standard InChI is InChI=1S/C15H20N2O4/c1-15(2,3)21-14(18)16-10-5-4-7-12-8-6-9-13(11-12)17(19)20/h4,6-9,11H,5,10H2,1-3H3,(H,16,18). The van der Waals surface area contributed by atoms with Gasteiger partial charge in [-0.3, -0.25) is 10.1 Å². The number of ether oxygens (including phenoxy) is 1. The quantitative estimate of drug-likeness (QED) is 0.511. The third-order valence-electron chi connectivity index (χ3n) is 2.37. The number of nitro benzene ring substituents is 1. The monoisotopic (exact) mass is 292 g/mol. The second-order valence-corrected chi connectivity index (χ2v) is 5.47. The van der Waals surface area contributed by atoms with E-state index in [1.54, 1.807) is 39.0 Å². The summed E-state index contributed by atoms with van der Waals surface area (Å²) in [6.45, 7) is 5.85. The Morgan fingerprint density at radius 2 is 2.14 bits per heavy atom. The number of nitrogens with one attached hydrogen (secondary N) is 1. The molecule has 0 unspecified atom stereocenters. The number of benzene rings is 1. The fourth-order valence-corrected chi connectivity index (χ4v) is 1.53. The van der Waals surface area contributed by atoms with Gasteiger partial charge < -0.3 is 10.1 Å². The average molecular weight is 292 g/mol. The molecule has 0 aromatic heterocycles. The van der Waals surface area contributed by atoms with E-state index in [9.17, 15) is 14.9 Å². The molecule has 21 heavy (non-hydrogen) atoms. The molecule has 0 radical (unpaired) electrons. The molecular weight excluding hydrogens is 272 g/mol. The first-order chi connectivity index (χ1) is 9.78. The highest BCUT2D eigenvalue weighted by Gasteiger charge is 2.15. The molecule has 0 saturated carbocycles. The van der Waals surface area contributed by atoms with Crippen molar-refractivity contribution in [2.75, 3.05) is 6.54 Å². The van der Waals surface area contributed by atoms with Crippen molar-refractivity contribution >= 4 is 17.9 Å². The van der Waals surface area contributed by atoms with Crippen molar-refractivity contribution in [1.82, 2.24) is 5.32 Å². The zero-order valence-corrected chi connectivity index (χ0v) is 12.5. The summed E-state index contributed by atoms with van der Waals surface area (Å²) in [5, 5.41) is 13.3. The van der Waals surface area contributed by atoms with Crippen LogP contribution in [0.2, 0.25) is 0 Å². The molecule has 1 aromatic rings. The lowest BCUT2D eigenvalue weighted by molar-refractivity contribution is -0.384. The lowest BCUT2D eigenvalue weighted by Crippen LogP contribution is -2.32. The highest BCUT2D eigenvalue weighted by molar-refractivity contribution is 5.67. The van der Waals surface area contributed by atoms with Gasteiger partial charge in [0.2, 0.25) is 0 Å². The zero-order valence-electron chi connectivity index (χ0n) is 12.5. The molecule has 6 nitrogen and oxygen atoms in total. The molecule has 1 N–H and O–H groups in total. The Kier molecular flexibility index (Phi) is 5.90. The lowest BCUT2D eigenvalue weighted by Gasteiger charge is -2.19. The Morgan fingerprint density at radius 3 is 2.76 bits per heavy atom. The number of hydrogen-bond donors (Lipinski definition) is 1. The molecule has 114 valence electrons. The van der Waals surface area contributed by atoms with Crippen molar-refractivity contribution < 1.29 is 14.5 Å². The molecule has 1 rings (SSSR count). The molecule has 0 fully saturated rings. The van der Waals surface area contributed by atoms with Gasteiger partial charge in [-0.25, -0.2) is 4.79 Å². The van der Waals surface area contributed by atoms with Crippen LogP contribution in [0.5, 0.6) is 0 Å². The Labute approximate surface area is 124 Å². The van der Waals surface area contributed by atoms with E-state index >= 15 is 0 Å².